The van der Waals surface area contributed by atoms with E-state index in [4.69, 9.17) is 13.8 Å². The van der Waals surface area contributed by atoms with Crippen LogP contribution < -0.4 is 4.74 Å². The highest BCUT2D eigenvalue weighted by atomic mass is 31.2. The number of esters is 1. The van der Waals surface area contributed by atoms with Crippen LogP contribution in [-0.4, -0.2) is 28.2 Å². The lowest BCUT2D eigenvalue weighted by atomic mass is 9.73. The molecule has 2 rings (SSSR count). The maximum absolute atomic E-state index is 12.9. The molecule has 0 heterocycles. The van der Waals surface area contributed by atoms with E-state index in [0.29, 0.717) is 5.56 Å². The quantitative estimate of drug-likeness (QED) is 0.103. The van der Waals surface area contributed by atoms with E-state index in [-0.39, 0.29) is 23.3 Å². The van der Waals surface area contributed by atoms with Crippen molar-refractivity contribution in [3.8, 4) is 11.5 Å². The molecule has 2 unspecified atom stereocenters. The third-order valence-corrected chi connectivity index (χ3v) is 7.41. The molecule has 0 aromatic heterocycles. The molecule has 7 nitrogen and oxygen atoms in total. The summed E-state index contributed by atoms with van der Waals surface area (Å²) in [6.45, 7) is 14.8. The molecule has 196 valence electrons. The fourth-order valence-electron chi connectivity index (χ4n) is 4.44. The zero-order valence-corrected chi connectivity index (χ0v) is 22.8. The van der Waals surface area contributed by atoms with Crippen LogP contribution in [0.4, 0.5) is 0 Å². The molecule has 0 aliphatic heterocycles. The number of rotatable bonds is 12. The molecular formula is C27H41O7P. The lowest BCUT2D eigenvalue weighted by Gasteiger charge is -2.32. The molecule has 1 aliphatic carbocycles. The zero-order valence-electron chi connectivity index (χ0n) is 21.9. The number of carbonyl (C=O) groups is 1. The highest BCUT2D eigenvalue weighted by Crippen LogP contribution is 2.48. The number of benzene rings is 1. The molecule has 35 heavy (non-hydrogen) atoms. The minimum Gasteiger partial charge on any atom is -0.507 e. The topological polar surface area (TPSA) is 102 Å². The second-order valence-electron chi connectivity index (χ2n) is 9.81. The molecule has 0 amide bonds. The number of phosphoric acid groups is 1. The largest absolute Gasteiger partial charge is 0.507 e. The Morgan fingerprint density at radius 1 is 1.23 bits per heavy atom. The number of phenolic OH excluding ortho intramolecular Hbond substituents is 1. The summed E-state index contributed by atoms with van der Waals surface area (Å²) in [5, 5.41) is 11.1. The number of unbranched alkanes of at least 4 members (excludes halogenated alkanes) is 2. The van der Waals surface area contributed by atoms with Crippen molar-refractivity contribution >= 4 is 13.8 Å². The van der Waals surface area contributed by atoms with Crippen LogP contribution in [0.15, 0.2) is 35.9 Å². The summed E-state index contributed by atoms with van der Waals surface area (Å²) in [6, 6.07) is 3.53. The van der Waals surface area contributed by atoms with Gasteiger partial charge >= 0.3 is 13.8 Å². The van der Waals surface area contributed by atoms with Gasteiger partial charge in [-0.15, -0.1) is 0 Å². The summed E-state index contributed by atoms with van der Waals surface area (Å²) in [5.74, 6) is -0.677. The molecule has 4 atom stereocenters. The predicted molar refractivity (Wildman–Crippen MR) is 138 cm³/mol. The molecule has 0 saturated heterocycles. The van der Waals surface area contributed by atoms with Gasteiger partial charge in [-0.1, -0.05) is 43.6 Å². The number of ether oxygens (including phenoxy) is 1. The summed E-state index contributed by atoms with van der Waals surface area (Å²) < 4.78 is 27.8. The first-order chi connectivity index (χ1) is 16.3. The third kappa shape index (κ3) is 8.60. The van der Waals surface area contributed by atoms with Crippen LogP contribution in [0.1, 0.15) is 90.7 Å². The van der Waals surface area contributed by atoms with Gasteiger partial charge in [-0.25, -0.2) is 9.36 Å². The molecule has 0 spiro atoms. The average Bonchev–Trinajstić information content (AvgIpc) is 2.72. The number of hydrogen-bond acceptors (Lipinski definition) is 6. The summed E-state index contributed by atoms with van der Waals surface area (Å²) in [4.78, 5) is 22.8. The maximum Gasteiger partial charge on any atom is 0.473 e. The van der Waals surface area contributed by atoms with Crippen LogP contribution in [0, 0.1) is 5.92 Å². The van der Waals surface area contributed by atoms with Crippen molar-refractivity contribution in [1.29, 1.82) is 0 Å². The Morgan fingerprint density at radius 2 is 1.91 bits per heavy atom. The lowest BCUT2D eigenvalue weighted by Crippen LogP contribution is -2.27. The van der Waals surface area contributed by atoms with E-state index in [1.54, 1.807) is 26.0 Å². The summed E-state index contributed by atoms with van der Waals surface area (Å²) >= 11 is 0. The highest BCUT2D eigenvalue weighted by Gasteiger charge is 2.34. The molecule has 0 radical (unpaired) electrons. The molecule has 0 bridgehead atoms. The minimum atomic E-state index is -4.44. The van der Waals surface area contributed by atoms with E-state index in [1.165, 1.54) is 12.5 Å². The maximum atomic E-state index is 12.9. The second kappa shape index (κ2) is 12.9. The van der Waals surface area contributed by atoms with Crippen LogP contribution in [0.5, 0.6) is 11.5 Å². The van der Waals surface area contributed by atoms with E-state index in [0.717, 1.165) is 49.7 Å². The Morgan fingerprint density at radius 3 is 2.51 bits per heavy atom. The number of aryl methyl sites for hydroxylation is 1. The third-order valence-electron chi connectivity index (χ3n) is 6.14. The fraction of sp³-hybridized carbons (Fsp3) is 0.593. The summed E-state index contributed by atoms with van der Waals surface area (Å²) in [5.41, 5.74) is 3.56. The lowest BCUT2D eigenvalue weighted by molar-refractivity contribution is -0.142. The number of carbonyl (C=O) groups excluding carboxylic acids is 1. The van der Waals surface area contributed by atoms with Crippen molar-refractivity contribution in [2.24, 2.45) is 5.92 Å². The summed E-state index contributed by atoms with van der Waals surface area (Å²) in [6.07, 6.45) is 5.79. The van der Waals surface area contributed by atoms with Crippen LogP contribution in [0.25, 0.3) is 0 Å². The number of phosphoric ester groups is 1. The van der Waals surface area contributed by atoms with Gasteiger partial charge in [0, 0.05) is 11.5 Å². The van der Waals surface area contributed by atoms with Gasteiger partial charge in [0.25, 0.3) is 0 Å². The number of hydrogen-bond donors (Lipinski definition) is 2. The van der Waals surface area contributed by atoms with E-state index in [2.05, 4.69) is 19.6 Å². The van der Waals surface area contributed by atoms with Gasteiger partial charge < -0.3 is 14.7 Å². The Labute approximate surface area is 209 Å². The molecular weight excluding hydrogens is 467 g/mol. The molecule has 1 aromatic carbocycles. The predicted octanol–water partition coefficient (Wildman–Crippen LogP) is 6.98. The highest BCUT2D eigenvalue weighted by molar-refractivity contribution is 7.47. The van der Waals surface area contributed by atoms with Gasteiger partial charge in [0.15, 0.2) is 6.10 Å². The van der Waals surface area contributed by atoms with Gasteiger partial charge in [0.05, 0.1) is 6.10 Å². The van der Waals surface area contributed by atoms with Gasteiger partial charge in [-0.2, -0.15) is 0 Å². The van der Waals surface area contributed by atoms with Crippen molar-refractivity contribution in [2.45, 2.75) is 98.2 Å². The average molecular weight is 509 g/mol. The number of phenols is 1. The molecule has 0 fully saturated rings. The molecule has 8 heteroatoms. The molecule has 1 aliphatic rings. The summed E-state index contributed by atoms with van der Waals surface area (Å²) in [7, 11) is -4.44. The van der Waals surface area contributed by atoms with Crippen molar-refractivity contribution in [1.82, 2.24) is 0 Å². The van der Waals surface area contributed by atoms with Crippen molar-refractivity contribution in [2.75, 3.05) is 0 Å². The Balaban J connectivity index is 2.44. The van der Waals surface area contributed by atoms with Crippen molar-refractivity contribution < 1.29 is 33.1 Å². The minimum absolute atomic E-state index is 0.0635. The molecule has 0 saturated carbocycles. The van der Waals surface area contributed by atoms with Crippen LogP contribution in [0.3, 0.4) is 0 Å². The Bertz CT molecular complexity index is 982. The number of aromatic hydroxyl groups is 1. The number of allylic oxidation sites excluding steroid dienone is 3. The van der Waals surface area contributed by atoms with Crippen LogP contribution in [-0.2, 0) is 24.8 Å². The first-order valence-corrected chi connectivity index (χ1v) is 13.9. The first-order valence-electron chi connectivity index (χ1n) is 12.4. The van der Waals surface area contributed by atoms with E-state index in [9.17, 15) is 19.4 Å². The van der Waals surface area contributed by atoms with Gasteiger partial charge in [0.1, 0.15) is 11.5 Å². The SMILES string of the molecule is C=C(C)[C@@H]1CCC(C)=C[C@H]1c1c(O)cc(CCCCC)cc1OC(=O)C(C)OP(=O)(O)OC(C)C. The van der Waals surface area contributed by atoms with Gasteiger partial charge in [-0.3, -0.25) is 9.05 Å². The monoisotopic (exact) mass is 508 g/mol. The van der Waals surface area contributed by atoms with E-state index >= 15 is 0 Å². The van der Waals surface area contributed by atoms with Gasteiger partial charge in [-0.05, 0) is 83.9 Å². The van der Waals surface area contributed by atoms with Crippen molar-refractivity contribution in [3.05, 3.63) is 47.1 Å². The molecule has 2 N–H and O–H groups in total. The second-order valence-corrected chi connectivity index (χ2v) is 11.2. The van der Waals surface area contributed by atoms with Gasteiger partial charge in [0.2, 0.25) is 0 Å². The van der Waals surface area contributed by atoms with Crippen LogP contribution >= 0.6 is 7.82 Å². The fourth-order valence-corrected chi connectivity index (χ4v) is 5.51. The Hall–Kier alpha value is -1.92. The van der Waals surface area contributed by atoms with Crippen LogP contribution in [0.2, 0.25) is 0 Å². The van der Waals surface area contributed by atoms with E-state index < -0.39 is 26.0 Å². The van der Waals surface area contributed by atoms with E-state index in [1.807, 2.05) is 13.8 Å². The Kier molecular flexibility index (Phi) is 10.8. The smallest absolute Gasteiger partial charge is 0.473 e. The standard InChI is InChI=1S/C27H41O7P/c1-8-9-10-11-21-15-24(28)26(23-14-19(6)12-13-22(23)17(2)3)25(16-21)32-27(29)20(7)34-35(30,31)33-18(4)5/h14-16,18,20,22-23,28H,2,8-13H2,1,3-7H3,(H,30,31)/t20?,22-,23+/m0/s1. The zero-order chi connectivity index (χ0) is 26.3. The van der Waals surface area contributed by atoms with Crippen molar-refractivity contribution in [3.63, 3.8) is 0 Å². The normalized spacial score (nSPS) is 20.7. The molecule has 1 aromatic rings. The first kappa shape index (κ1) is 29.3.